The topological polar surface area (TPSA) is 68.0 Å². The van der Waals surface area contributed by atoms with Crippen molar-refractivity contribution in [3.8, 4) is 0 Å². The lowest BCUT2D eigenvalue weighted by Crippen LogP contribution is -2.10. The molecule has 0 aromatic carbocycles. The number of carboxylic acids is 1. The van der Waals surface area contributed by atoms with Crippen LogP contribution in [0, 0.1) is 5.92 Å². The van der Waals surface area contributed by atoms with Crippen LogP contribution in [0.2, 0.25) is 0 Å². The van der Waals surface area contributed by atoms with Gasteiger partial charge in [0.05, 0.1) is 0 Å². The summed E-state index contributed by atoms with van der Waals surface area (Å²) in [5.74, 6) is 1.01. The van der Waals surface area contributed by atoms with Crippen LogP contribution < -0.4 is 0 Å². The molecule has 0 saturated carbocycles. The number of carbonyl (C=O) groups is 1. The van der Waals surface area contributed by atoms with Crippen LogP contribution in [-0.4, -0.2) is 25.8 Å². The van der Waals surface area contributed by atoms with Gasteiger partial charge in [0.2, 0.25) is 0 Å². The minimum atomic E-state index is -0.764. The van der Waals surface area contributed by atoms with Crippen molar-refractivity contribution in [1.29, 1.82) is 0 Å². The number of hydrogen-bond acceptors (Lipinski definition) is 3. The molecule has 1 atom stereocenters. The second-order valence-corrected chi connectivity index (χ2v) is 3.83. The third kappa shape index (κ3) is 3.34. The van der Waals surface area contributed by atoms with Gasteiger partial charge in [0.1, 0.15) is 5.82 Å². The van der Waals surface area contributed by atoms with Crippen molar-refractivity contribution in [3.63, 3.8) is 0 Å². The first kappa shape index (κ1) is 11.7. The molecule has 0 bridgehead atoms. The fraction of sp³-hybridized carbons (Fsp3) is 0.700. The Balaban J connectivity index is 2.63. The molecule has 0 aliphatic carbocycles. The van der Waals surface area contributed by atoms with Crippen molar-refractivity contribution < 1.29 is 9.90 Å². The number of hydrogen-bond donors (Lipinski definition) is 1. The second kappa shape index (κ2) is 4.91. The van der Waals surface area contributed by atoms with E-state index in [0.29, 0.717) is 6.42 Å². The second-order valence-electron chi connectivity index (χ2n) is 3.83. The first-order valence-electron chi connectivity index (χ1n) is 5.13. The van der Waals surface area contributed by atoms with Gasteiger partial charge in [-0.15, -0.1) is 0 Å². The molecule has 0 aliphatic rings. The molecule has 0 amide bonds. The quantitative estimate of drug-likeness (QED) is 0.789. The molecule has 15 heavy (non-hydrogen) atoms. The number of rotatable bonds is 5. The first-order valence-corrected chi connectivity index (χ1v) is 5.13. The van der Waals surface area contributed by atoms with Crippen molar-refractivity contribution >= 4 is 5.97 Å². The van der Waals surface area contributed by atoms with Gasteiger partial charge in [-0.3, -0.25) is 9.48 Å². The summed E-state index contributed by atoms with van der Waals surface area (Å²) in [5.41, 5.74) is 0. The van der Waals surface area contributed by atoms with Gasteiger partial charge in [-0.2, -0.15) is 5.10 Å². The number of nitrogens with zero attached hydrogens (tertiary/aromatic N) is 3. The van der Waals surface area contributed by atoms with Crippen molar-refractivity contribution in [1.82, 2.24) is 14.8 Å². The molecule has 1 N–H and O–H groups in total. The van der Waals surface area contributed by atoms with Crippen LogP contribution in [-0.2, 0) is 24.7 Å². The SMILES string of the molecule is CCc1nc(CC(C)CC(=O)O)n(C)n1. The number of aliphatic carboxylic acids is 1. The lowest BCUT2D eigenvalue weighted by Gasteiger charge is -2.06. The summed E-state index contributed by atoms with van der Waals surface area (Å²) in [6.07, 6.45) is 1.64. The zero-order valence-electron chi connectivity index (χ0n) is 9.40. The summed E-state index contributed by atoms with van der Waals surface area (Å²) in [6.45, 7) is 3.91. The molecule has 0 spiro atoms. The van der Waals surface area contributed by atoms with Gasteiger partial charge >= 0.3 is 5.97 Å². The van der Waals surface area contributed by atoms with Crippen LogP contribution >= 0.6 is 0 Å². The minimum absolute atomic E-state index is 0.0927. The number of carboxylic acid groups (broad SMARTS) is 1. The predicted molar refractivity (Wildman–Crippen MR) is 55.5 cm³/mol. The maximum Gasteiger partial charge on any atom is 0.303 e. The van der Waals surface area contributed by atoms with E-state index in [1.54, 1.807) is 4.68 Å². The summed E-state index contributed by atoms with van der Waals surface area (Å²) >= 11 is 0. The molecule has 5 nitrogen and oxygen atoms in total. The highest BCUT2D eigenvalue weighted by Crippen LogP contribution is 2.10. The molecule has 1 rings (SSSR count). The van der Waals surface area contributed by atoms with Crippen LogP contribution in [0.25, 0.3) is 0 Å². The molecular formula is C10H17N3O2. The van der Waals surface area contributed by atoms with Crippen molar-refractivity contribution in [2.75, 3.05) is 0 Å². The van der Waals surface area contributed by atoms with Gasteiger partial charge in [0.25, 0.3) is 0 Å². The van der Waals surface area contributed by atoms with Gasteiger partial charge in [-0.1, -0.05) is 13.8 Å². The van der Waals surface area contributed by atoms with Crippen LogP contribution in [0.15, 0.2) is 0 Å². The normalized spacial score (nSPS) is 12.7. The van der Waals surface area contributed by atoms with E-state index in [1.165, 1.54) is 0 Å². The van der Waals surface area contributed by atoms with E-state index in [4.69, 9.17) is 5.11 Å². The van der Waals surface area contributed by atoms with Gasteiger partial charge in [-0.25, -0.2) is 4.98 Å². The lowest BCUT2D eigenvalue weighted by molar-refractivity contribution is -0.137. The Labute approximate surface area is 89.1 Å². The van der Waals surface area contributed by atoms with Crippen molar-refractivity contribution in [2.24, 2.45) is 13.0 Å². The largest absolute Gasteiger partial charge is 0.481 e. The zero-order valence-corrected chi connectivity index (χ0v) is 9.40. The molecule has 1 aromatic heterocycles. The average molecular weight is 211 g/mol. The average Bonchev–Trinajstić information content (AvgIpc) is 2.46. The van der Waals surface area contributed by atoms with E-state index in [0.717, 1.165) is 18.1 Å². The summed E-state index contributed by atoms with van der Waals surface area (Å²) in [7, 11) is 1.84. The Bertz CT molecular complexity index is 346. The zero-order chi connectivity index (χ0) is 11.4. The summed E-state index contributed by atoms with van der Waals surface area (Å²) in [4.78, 5) is 14.8. The van der Waals surface area contributed by atoms with Crippen LogP contribution in [0.5, 0.6) is 0 Å². The van der Waals surface area contributed by atoms with Gasteiger partial charge in [0, 0.05) is 26.3 Å². The molecular weight excluding hydrogens is 194 g/mol. The first-order chi connectivity index (χ1) is 7.02. The van der Waals surface area contributed by atoms with Crippen LogP contribution in [0.3, 0.4) is 0 Å². The molecule has 0 fully saturated rings. The third-order valence-electron chi connectivity index (χ3n) is 2.27. The highest BCUT2D eigenvalue weighted by molar-refractivity contribution is 5.66. The van der Waals surface area contributed by atoms with Crippen molar-refractivity contribution in [3.05, 3.63) is 11.6 Å². The molecule has 0 radical (unpaired) electrons. The lowest BCUT2D eigenvalue weighted by atomic mass is 10.0. The van der Waals surface area contributed by atoms with E-state index in [1.807, 2.05) is 20.9 Å². The smallest absolute Gasteiger partial charge is 0.303 e. The fourth-order valence-electron chi connectivity index (χ4n) is 1.48. The van der Waals surface area contributed by atoms with E-state index in [9.17, 15) is 4.79 Å². The Morgan fingerprint density at radius 2 is 2.27 bits per heavy atom. The van der Waals surface area contributed by atoms with Gasteiger partial charge < -0.3 is 5.11 Å². The monoisotopic (exact) mass is 211 g/mol. The van der Waals surface area contributed by atoms with E-state index >= 15 is 0 Å². The number of aromatic nitrogens is 3. The Morgan fingerprint density at radius 1 is 1.60 bits per heavy atom. The van der Waals surface area contributed by atoms with E-state index in [2.05, 4.69) is 10.1 Å². The highest BCUT2D eigenvalue weighted by Gasteiger charge is 2.13. The third-order valence-corrected chi connectivity index (χ3v) is 2.27. The molecule has 5 heteroatoms. The molecule has 0 saturated heterocycles. The predicted octanol–water partition coefficient (Wildman–Crippen LogP) is 1.03. The van der Waals surface area contributed by atoms with Gasteiger partial charge in [-0.05, 0) is 5.92 Å². The van der Waals surface area contributed by atoms with Crippen molar-refractivity contribution in [2.45, 2.75) is 33.1 Å². The van der Waals surface area contributed by atoms with Gasteiger partial charge in [0.15, 0.2) is 5.82 Å². The maximum atomic E-state index is 10.5. The molecule has 1 unspecified atom stereocenters. The Hall–Kier alpha value is -1.39. The van der Waals surface area contributed by atoms with Crippen LogP contribution in [0.1, 0.15) is 31.9 Å². The molecule has 0 aliphatic heterocycles. The van der Waals surface area contributed by atoms with E-state index < -0.39 is 5.97 Å². The van der Waals surface area contributed by atoms with Crippen LogP contribution in [0.4, 0.5) is 0 Å². The molecule has 1 aromatic rings. The fourth-order valence-corrected chi connectivity index (χ4v) is 1.48. The molecule has 1 heterocycles. The summed E-state index contributed by atoms with van der Waals surface area (Å²) < 4.78 is 1.73. The minimum Gasteiger partial charge on any atom is -0.481 e. The molecule has 84 valence electrons. The standard InChI is InChI=1S/C10H17N3O2/c1-4-8-11-9(13(3)12-8)5-7(2)6-10(14)15/h7H,4-6H2,1-3H3,(H,14,15). The Morgan fingerprint density at radius 3 is 2.73 bits per heavy atom. The highest BCUT2D eigenvalue weighted by atomic mass is 16.4. The number of aryl methyl sites for hydroxylation is 2. The van der Waals surface area contributed by atoms with E-state index in [-0.39, 0.29) is 12.3 Å². The maximum absolute atomic E-state index is 10.5. The summed E-state index contributed by atoms with van der Waals surface area (Å²) in [6, 6.07) is 0. The Kier molecular flexibility index (Phi) is 3.82. The summed E-state index contributed by atoms with van der Waals surface area (Å²) in [5, 5.41) is 12.9.